The number of carbonyl (C=O) groups excluding carboxylic acids is 2. The highest BCUT2D eigenvalue weighted by atomic mass is 79.9. The van der Waals surface area contributed by atoms with Crippen LogP contribution in [-0.4, -0.2) is 34.4 Å². The molecule has 158 valence electrons. The Labute approximate surface area is 182 Å². The van der Waals surface area contributed by atoms with Crippen molar-refractivity contribution in [1.82, 2.24) is 9.97 Å². The van der Waals surface area contributed by atoms with Gasteiger partial charge in [-0.2, -0.15) is 4.98 Å². The van der Waals surface area contributed by atoms with Gasteiger partial charge in [0.15, 0.2) is 0 Å². The van der Waals surface area contributed by atoms with Gasteiger partial charge in [-0.3, -0.25) is 19.4 Å². The number of aromatic nitrogens is 2. The summed E-state index contributed by atoms with van der Waals surface area (Å²) in [4.78, 5) is 47.7. The van der Waals surface area contributed by atoms with Crippen LogP contribution in [-0.2, 0) is 9.59 Å². The number of aromatic amines is 1. The van der Waals surface area contributed by atoms with Crippen molar-refractivity contribution in [2.75, 3.05) is 22.1 Å². The van der Waals surface area contributed by atoms with Crippen LogP contribution in [0.1, 0.15) is 50.5 Å². The molecule has 30 heavy (non-hydrogen) atoms. The van der Waals surface area contributed by atoms with Gasteiger partial charge in [-0.25, -0.2) is 0 Å². The average molecular weight is 474 g/mol. The molecule has 0 saturated carbocycles. The second kappa shape index (κ2) is 8.59. The van der Waals surface area contributed by atoms with Crippen molar-refractivity contribution >= 4 is 45.2 Å². The monoisotopic (exact) mass is 473 g/mol. The Morgan fingerprint density at radius 1 is 1.27 bits per heavy atom. The van der Waals surface area contributed by atoms with Crippen LogP contribution in [0.4, 0.5) is 17.5 Å². The third kappa shape index (κ3) is 4.12. The first kappa shape index (κ1) is 20.6. The van der Waals surface area contributed by atoms with Crippen molar-refractivity contribution in [3.8, 4) is 0 Å². The van der Waals surface area contributed by atoms with Gasteiger partial charge in [-0.05, 0) is 49.9 Å². The Hall–Kier alpha value is -2.68. The molecule has 2 amide bonds. The summed E-state index contributed by atoms with van der Waals surface area (Å²) in [6.07, 6.45) is 4.08. The fourth-order valence-electron chi connectivity index (χ4n) is 4.19. The van der Waals surface area contributed by atoms with Crippen molar-refractivity contribution in [3.05, 3.63) is 44.7 Å². The number of anilines is 3. The van der Waals surface area contributed by atoms with Gasteiger partial charge in [0.2, 0.25) is 17.8 Å². The van der Waals surface area contributed by atoms with Gasteiger partial charge in [-0.15, -0.1) is 0 Å². The summed E-state index contributed by atoms with van der Waals surface area (Å²) in [6.45, 7) is 2.92. The Bertz CT molecular complexity index is 1020. The standard InChI is InChI=1S/C21H24BrN5O3/c1-2-14-5-3-4-10-27(14)21-25-18-17(20(30)26-21)15(11-16(28)24-18)19(29)23-13-8-6-12(22)7-9-13/h6-9,14-15H,2-5,10-11H2,1H3,(H,23,29)(H2,24,25,26,28,30)/t14-,15+/m0/s1. The smallest absolute Gasteiger partial charge is 0.258 e. The Kier molecular flexibility index (Phi) is 5.90. The zero-order valence-electron chi connectivity index (χ0n) is 16.7. The van der Waals surface area contributed by atoms with Crippen LogP contribution in [0.5, 0.6) is 0 Å². The third-order valence-corrected chi connectivity index (χ3v) is 6.27. The Morgan fingerprint density at radius 3 is 2.77 bits per heavy atom. The molecule has 3 heterocycles. The second-order valence-electron chi connectivity index (χ2n) is 7.70. The molecule has 3 N–H and O–H groups in total. The molecular weight excluding hydrogens is 450 g/mol. The first-order valence-electron chi connectivity index (χ1n) is 10.2. The van der Waals surface area contributed by atoms with E-state index in [2.05, 4.69) is 48.4 Å². The Morgan fingerprint density at radius 2 is 2.03 bits per heavy atom. The van der Waals surface area contributed by atoms with Crippen LogP contribution in [0.15, 0.2) is 33.5 Å². The van der Waals surface area contributed by atoms with Crippen LogP contribution in [0.3, 0.4) is 0 Å². The minimum atomic E-state index is -0.897. The lowest BCUT2D eigenvalue weighted by molar-refractivity contribution is -0.123. The quantitative estimate of drug-likeness (QED) is 0.630. The topological polar surface area (TPSA) is 107 Å². The van der Waals surface area contributed by atoms with Gasteiger partial charge in [0.1, 0.15) is 5.82 Å². The van der Waals surface area contributed by atoms with E-state index >= 15 is 0 Å². The summed E-state index contributed by atoms with van der Waals surface area (Å²) in [6, 6.07) is 7.41. The van der Waals surface area contributed by atoms with E-state index in [0.717, 1.165) is 36.7 Å². The summed E-state index contributed by atoms with van der Waals surface area (Å²) in [5, 5.41) is 5.48. The molecule has 0 aliphatic carbocycles. The van der Waals surface area contributed by atoms with Crippen LogP contribution in [0, 0.1) is 0 Å². The second-order valence-corrected chi connectivity index (χ2v) is 8.62. The molecule has 2 atom stereocenters. The first-order valence-corrected chi connectivity index (χ1v) is 11.0. The maximum atomic E-state index is 13.0. The number of H-pyrrole nitrogens is 1. The average Bonchev–Trinajstić information content (AvgIpc) is 2.74. The van der Waals surface area contributed by atoms with Gasteiger partial charge < -0.3 is 15.5 Å². The number of halogens is 1. The number of fused-ring (bicyclic) bond motifs is 1. The van der Waals surface area contributed by atoms with E-state index in [0.29, 0.717) is 17.7 Å². The molecule has 2 aliphatic rings. The number of amides is 2. The zero-order chi connectivity index (χ0) is 21.3. The molecule has 9 heteroatoms. The lowest BCUT2D eigenvalue weighted by Gasteiger charge is -2.36. The van der Waals surface area contributed by atoms with E-state index in [9.17, 15) is 14.4 Å². The van der Waals surface area contributed by atoms with E-state index in [1.165, 1.54) is 0 Å². The van der Waals surface area contributed by atoms with Crippen molar-refractivity contribution in [2.45, 2.75) is 51.0 Å². The van der Waals surface area contributed by atoms with Crippen molar-refractivity contribution < 1.29 is 9.59 Å². The van der Waals surface area contributed by atoms with Crippen LogP contribution in [0.25, 0.3) is 0 Å². The van der Waals surface area contributed by atoms with Crippen molar-refractivity contribution in [1.29, 1.82) is 0 Å². The van der Waals surface area contributed by atoms with Gasteiger partial charge >= 0.3 is 0 Å². The van der Waals surface area contributed by atoms with E-state index in [-0.39, 0.29) is 29.3 Å². The van der Waals surface area contributed by atoms with E-state index in [4.69, 9.17) is 0 Å². The summed E-state index contributed by atoms with van der Waals surface area (Å²) >= 11 is 3.35. The summed E-state index contributed by atoms with van der Waals surface area (Å²) in [5.74, 6) is -0.988. The molecule has 8 nitrogen and oxygen atoms in total. The number of carbonyl (C=O) groups is 2. The molecule has 1 saturated heterocycles. The SMILES string of the molecule is CC[C@H]1CCCCN1c1nc2c(c(=O)[nH]1)[C@H](C(=O)Nc1ccc(Br)cc1)CC(=O)N2. The third-order valence-electron chi connectivity index (χ3n) is 5.74. The van der Waals surface area contributed by atoms with Crippen LogP contribution >= 0.6 is 15.9 Å². The largest absolute Gasteiger partial charge is 0.339 e. The molecule has 0 spiro atoms. The molecule has 1 fully saturated rings. The fourth-order valence-corrected chi connectivity index (χ4v) is 4.45. The first-order chi connectivity index (χ1) is 14.5. The summed E-state index contributed by atoms with van der Waals surface area (Å²) in [5.41, 5.74) is 0.417. The number of hydrogen-bond donors (Lipinski definition) is 3. The predicted molar refractivity (Wildman–Crippen MR) is 119 cm³/mol. The van der Waals surface area contributed by atoms with Crippen molar-refractivity contribution in [2.24, 2.45) is 0 Å². The molecular formula is C21H24BrN5O3. The highest BCUT2D eigenvalue weighted by molar-refractivity contribution is 9.10. The number of hydrogen-bond acceptors (Lipinski definition) is 5. The van der Waals surface area contributed by atoms with E-state index < -0.39 is 11.8 Å². The normalized spacial score (nSPS) is 21.0. The molecule has 0 bridgehead atoms. The number of piperidine rings is 1. The Balaban J connectivity index is 1.65. The molecule has 2 aromatic rings. The predicted octanol–water partition coefficient (Wildman–Crippen LogP) is 3.37. The maximum absolute atomic E-state index is 13.0. The van der Waals surface area contributed by atoms with Crippen LogP contribution in [0.2, 0.25) is 0 Å². The summed E-state index contributed by atoms with van der Waals surface area (Å²) in [7, 11) is 0. The summed E-state index contributed by atoms with van der Waals surface area (Å²) < 4.78 is 0.888. The van der Waals surface area contributed by atoms with Gasteiger partial charge in [0.25, 0.3) is 5.56 Å². The number of nitrogens with zero attached hydrogens (tertiary/aromatic N) is 2. The van der Waals surface area contributed by atoms with Gasteiger partial charge in [0, 0.05) is 29.2 Å². The molecule has 1 aromatic carbocycles. The molecule has 0 unspecified atom stereocenters. The highest BCUT2D eigenvalue weighted by Crippen LogP contribution is 2.31. The maximum Gasteiger partial charge on any atom is 0.258 e. The fraction of sp³-hybridized carbons (Fsp3) is 0.429. The van der Waals surface area contributed by atoms with E-state index in [1.807, 2.05) is 0 Å². The lowest BCUT2D eigenvalue weighted by Crippen LogP contribution is -2.43. The zero-order valence-corrected chi connectivity index (χ0v) is 18.3. The molecule has 2 aliphatic heterocycles. The van der Waals surface area contributed by atoms with E-state index in [1.54, 1.807) is 24.3 Å². The molecule has 4 rings (SSSR count). The van der Waals surface area contributed by atoms with Gasteiger partial charge in [-0.1, -0.05) is 22.9 Å². The number of rotatable bonds is 4. The minimum absolute atomic E-state index is 0.0965. The van der Waals surface area contributed by atoms with Crippen LogP contribution < -0.4 is 21.1 Å². The highest BCUT2D eigenvalue weighted by Gasteiger charge is 2.35. The number of benzene rings is 1. The molecule has 0 radical (unpaired) electrons. The minimum Gasteiger partial charge on any atom is -0.339 e. The molecule has 1 aromatic heterocycles. The lowest BCUT2D eigenvalue weighted by atomic mass is 9.92. The number of nitrogens with one attached hydrogen (secondary N) is 3. The van der Waals surface area contributed by atoms with Gasteiger partial charge in [0.05, 0.1) is 11.5 Å². The van der Waals surface area contributed by atoms with Crippen molar-refractivity contribution in [3.63, 3.8) is 0 Å².